The monoisotopic (exact) mass is 452 g/mol. The summed E-state index contributed by atoms with van der Waals surface area (Å²) in [6.45, 7) is 3.99. The fraction of sp³-hybridized carbons (Fsp3) is 0.273. The number of thioether (sulfide) groups is 1. The van der Waals surface area contributed by atoms with Gasteiger partial charge < -0.3 is 9.42 Å². The molecule has 1 fully saturated rings. The zero-order chi connectivity index (χ0) is 21.2. The van der Waals surface area contributed by atoms with E-state index in [9.17, 15) is 0 Å². The van der Waals surface area contributed by atoms with Gasteiger partial charge in [0.25, 0.3) is 0 Å². The number of aryl methyl sites for hydroxylation is 1. The van der Waals surface area contributed by atoms with Gasteiger partial charge in [0.1, 0.15) is 0 Å². The summed E-state index contributed by atoms with van der Waals surface area (Å²) in [5, 5.41) is 14.5. The van der Waals surface area contributed by atoms with Gasteiger partial charge in [0.2, 0.25) is 17.7 Å². The van der Waals surface area contributed by atoms with Crippen LogP contribution in [0.2, 0.25) is 5.02 Å². The lowest BCUT2D eigenvalue weighted by atomic mass is 10.1. The molecule has 2 aromatic carbocycles. The zero-order valence-electron chi connectivity index (χ0n) is 17.0. The summed E-state index contributed by atoms with van der Waals surface area (Å²) >= 11 is 7.78. The van der Waals surface area contributed by atoms with Gasteiger partial charge in [0, 0.05) is 23.7 Å². The van der Waals surface area contributed by atoms with Crippen LogP contribution in [-0.2, 0) is 5.75 Å². The summed E-state index contributed by atoms with van der Waals surface area (Å²) < 4.78 is 7.55. The van der Waals surface area contributed by atoms with E-state index < -0.39 is 0 Å². The molecule has 0 spiro atoms. The number of hydrogen-bond acceptors (Lipinski definition) is 7. The molecule has 4 aromatic rings. The summed E-state index contributed by atoms with van der Waals surface area (Å²) in [6, 6.07) is 15.7. The predicted molar refractivity (Wildman–Crippen MR) is 122 cm³/mol. The number of aromatic nitrogens is 5. The van der Waals surface area contributed by atoms with Crippen LogP contribution in [-0.4, -0.2) is 38.0 Å². The third-order valence-electron chi connectivity index (χ3n) is 5.25. The quantitative estimate of drug-likeness (QED) is 0.373. The summed E-state index contributed by atoms with van der Waals surface area (Å²) in [6.07, 6.45) is 2.32. The van der Waals surface area contributed by atoms with Crippen LogP contribution >= 0.6 is 23.4 Å². The fourth-order valence-electron chi connectivity index (χ4n) is 3.69. The molecule has 0 amide bonds. The van der Waals surface area contributed by atoms with E-state index in [0.717, 1.165) is 53.9 Å². The van der Waals surface area contributed by atoms with Crippen molar-refractivity contribution in [2.45, 2.75) is 30.7 Å². The summed E-state index contributed by atoms with van der Waals surface area (Å²) in [7, 11) is 0. The smallest absolute Gasteiger partial charge is 0.237 e. The van der Waals surface area contributed by atoms with Crippen molar-refractivity contribution in [1.82, 2.24) is 24.9 Å². The fourth-order valence-corrected chi connectivity index (χ4v) is 4.66. The van der Waals surface area contributed by atoms with E-state index in [0.29, 0.717) is 22.5 Å². The van der Waals surface area contributed by atoms with Gasteiger partial charge in [-0.25, -0.2) is 0 Å². The minimum atomic E-state index is 0.498. The third-order valence-corrected chi connectivity index (χ3v) is 6.40. The van der Waals surface area contributed by atoms with Crippen LogP contribution in [0.1, 0.15) is 24.3 Å². The number of benzene rings is 2. The Balaban J connectivity index is 1.42. The van der Waals surface area contributed by atoms with Crippen molar-refractivity contribution < 1.29 is 4.52 Å². The van der Waals surface area contributed by atoms with Crippen LogP contribution < -0.4 is 4.90 Å². The number of nitrogens with zero attached hydrogens (tertiary/aromatic N) is 6. The van der Waals surface area contributed by atoms with Crippen molar-refractivity contribution in [2.24, 2.45) is 0 Å². The lowest BCUT2D eigenvalue weighted by Gasteiger charge is -2.18. The van der Waals surface area contributed by atoms with E-state index in [4.69, 9.17) is 16.1 Å². The van der Waals surface area contributed by atoms with Gasteiger partial charge in [-0.1, -0.05) is 58.9 Å². The lowest BCUT2D eigenvalue weighted by Crippen LogP contribution is -2.22. The minimum Gasteiger partial charge on any atom is -0.341 e. The van der Waals surface area contributed by atoms with Crippen molar-refractivity contribution in [3.05, 3.63) is 65.0 Å². The molecule has 3 heterocycles. The van der Waals surface area contributed by atoms with Crippen LogP contribution in [0.4, 0.5) is 5.95 Å². The summed E-state index contributed by atoms with van der Waals surface area (Å²) in [4.78, 5) is 6.83. The Morgan fingerprint density at radius 2 is 1.90 bits per heavy atom. The molecule has 0 bridgehead atoms. The highest BCUT2D eigenvalue weighted by Crippen LogP contribution is 2.31. The summed E-state index contributed by atoms with van der Waals surface area (Å²) in [5.41, 5.74) is 3.02. The Kier molecular flexibility index (Phi) is 5.65. The van der Waals surface area contributed by atoms with Crippen LogP contribution in [0, 0.1) is 6.92 Å². The van der Waals surface area contributed by atoms with E-state index >= 15 is 0 Å². The molecule has 5 rings (SSSR count). The van der Waals surface area contributed by atoms with Crippen LogP contribution in [0.3, 0.4) is 0 Å². The first-order valence-corrected chi connectivity index (χ1v) is 11.5. The number of hydrogen-bond donors (Lipinski definition) is 0. The van der Waals surface area contributed by atoms with Crippen molar-refractivity contribution in [1.29, 1.82) is 0 Å². The maximum absolute atomic E-state index is 6.26. The van der Waals surface area contributed by atoms with E-state index in [1.54, 1.807) is 0 Å². The van der Waals surface area contributed by atoms with Crippen molar-refractivity contribution in [3.8, 4) is 17.1 Å². The van der Waals surface area contributed by atoms with Crippen LogP contribution in [0.25, 0.3) is 17.1 Å². The molecule has 0 unspecified atom stereocenters. The first-order valence-electron chi connectivity index (χ1n) is 10.2. The van der Waals surface area contributed by atoms with Crippen LogP contribution in [0.15, 0.2) is 58.2 Å². The SMILES string of the molecule is Cc1ccccc1-c1noc(CSc2nnc(N3CCCC3)n2-c2cccc(Cl)c2)n1. The molecular formula is C22H21ClN6OS. The molecule has 1 saturated heterocycles. The second-order valence-electron chi connectivity index (χ2n) is 7.41. The molecule has 9 heteroatoms. The molecule has 158 valence electrons. The molecule has 0 aliphatic carbocycles. The molecule has 0 atom stereocenters. The first kappa shape index (κ1) is 20.1. The van der Waals surface area contributed by atoms with E-state index in [1.807, 2.05) is 55.5 Å². The molecule has 1 aliphatic heterocycles. The maximum atomic E-state index is 6.26. The molecule has 2 aromatic heterocycles. The number of halogens is 1. The lowest BCUT2D eigenvalue weighted by molar-refractivity contribution is 0.391. The molecular weight excluding hydrogens is 432 g/mol. The Bertz CT molecular complexity index is 1200. The molecule has 0 radical (unpaired) electrons. The standard InChI is InChI=1S/C22H21ClN6OS/c1-15-7-2-3-10-18(15)20-24-19(30-27-20)14-31-22-26-25-21(28-11-4-5-12-28)29(22)17-9-6-8-16(23)13-17/h2-3,6-10,13H,4-5,11-12,14H2,1H3. The molecule has 7 nitrogen and oxygen atoms in total. The van der Waals surface area contributed by atoms with Gasteiger partial charge in [0.15, 0.2) is 5.16 Å². The Morgan fingerprint density at radius 3 is 2.71 bits per heavy atom. The predicted octanol–water partition coefficient (Wildman–Crippen LogP) is 5.17. The van der Waals surface area contributed by atoms with Gasteiger partial charge in [-0.05, 0) is 43.5 Å². The van der Waals surface area contributed by atoms with Crippen molar-refractivity contribution in [2.75, 3.05) is 18.0 Å². The van der Waals surface area contributed by atoms with E-state index in [1.165, 1.54) is 11.8 Å². The Morgan fingerprint density at radius 1 is 1.06 bits per heavy atom. The topological polar surface area (TPSA) is 72.9 Å². The summed E-state index contributed by atoms with van der Waals surface area (Å²) in [5.74, 6) is 2.49. The number of anilines is 1. The third kappa shape index (κ3) is 4.18. The highest BCUT2D eigenvalue weighted by Gasteiger charge is 2.23. The average Bonchev–Trinajstić information content (AvgIpc) is 3.52. The maximum Gasteiger partial charge on any atom is 0.237 e. The molecule has 1 aliphatic rings. The number of rotatable bonds is 6. The second-order valence-corrected chi connectivity index (χ2v) is 8.79. The highest BCUT2D eigenvalue weighted by molar-refractivity contribution is 7.98. The van der Waals surface area contributed by atoms with Gasteiger partial charge in [0.05, 0.1) is 11.4 Å². The van der Waals surface area contributed by atoms with Gasteiger partial charge in [-0.15, -0.1) is 10.2 Å². The van der Waals surface area contributed by atoms with Crippen molar-refractivity contribution in [3.63, 3.8) is 0 Å². The highest BCUT2D eigenvalue weighted by atomic mass is 35.5. The Labute approximate surface area is 189 Å². The normalized spacial score (nSPS) is 13.8. The van der Waals surface area contributed by atoms with Gasteiger partial charge in [-0.3, -0.25) is 4.57 Å². The van der Waals surface area contributed by atoms with Gasteiger partial charge >= 0.3 is 0 Å². The largest absolute Gasteiger partial charge is 0.341 e. The average molecular weight is 453 g/mol. The second kappa shape index (κ2) is 8.72. The minimum absolute atomic E-state index is 0.498. The Hall–Kier alpha value is -2.84. The van der Waals surface area contributed by atoms with E-state index in [2.05, 4.69) is 29.8 Å². The molecule has 0 N–H and O–H groups in total. The zero-order valence-corrected chi connectivity index (χ0v) is 18.6. The first-order chi connectivity index (χ1) is 15.2. The molecule has 31 heavy (non-hydrogen) atoms. The van der Waals surface area contributed by atoms with Crippen molar-refractivity contribution >= 4 is 29.3 Å². The molecule has 0 saturated carbocycles. The van der Waals surface area contributed by atoms with Crippen LogP contribution in [0.5, 0.6) is 0 Å². The van der Waals surface area contributed by atoms with E-state index in [-0.39, 0.29) is 0 Å². The van der Waals surface area contributed by atoms with Gasteiger partial charge in [-0.2, -0.15) is 4.98 Å².